The number of hydrogen-bond acceptors (Lipinski definition) is 18. The Bertz CT molecular complexity index is 3630. The minimum absolute atomic E-state index is 0.0414. The van der Waals surface area contributed by atoms with Crippen molar-refractivity contribution >= 4 is 41.1 Å². The average Bonchev–Trinajstić information content (AvgIpc) is 4.04. The van der Waals surface area contributed by atoms with Gasteiger partial charge >= 0.3 is 17.7 Å². The lowest BCUT2D eigenvalue weighted by molar-refractivity contribution is -0.302. The van der Waals surface area contributed by atoms with Crippen LogP contribution in [-0.2, 0) is 37.0 Å². The summed E-state index contributed by atoms with van der Waals surface area (Å²) in [5.74, 6) is -0.324. The number of aldehydes is 1. The fourth-order valence-corrected chi connectivity index (χ4v) is 6.82. The van der Waals surface area contributed by atoms with Gasteiger partial charge in [-0.05, 0) is 130 Å². The van der Waals surface area contributed by atoms with Crippen LogP contribution in [0.2, 0.25) is 0 Å². The van der Waals surface area contributed by atoms with Crippen molar-refractivity contribution < 1.29 is 48.0 Å². The Kier molecular flexibility index (Phi) is 26.0. The van der Waals surface area contributed by atoms with Gasteiger partial charge in [0.2, 0.25) is 0 Å². The SMILES string of the molecule is CC(=O)[O-].CCO/C=C(\C)C=O.COC(=O)c1cccc(-c2ncc(C)cn2)c1.COC(=O)c1cccc(C(=N)N)c1.Cc1cnc(-c2cccc(CO)c2)nc1.Cc1cnc(-c2cccc(Cn3c(=O)oc4ccc(C)cc43)c2)nc1. The number of allylic oxidation sites excluding steroid dienone is 1. The van der Waals surface area contributed by atoms with E-state index in [1.54, 1.807) is 85.1 Å². The van der Waals surface area contributed by atoms with E-state index in [0.717, 1.165) is 68.8 Å². The Morgan fingerprint density at radius 3 is 1.51 bits per heavy atom. The predicted octanol–water partition coefficient (Wildman–Crippen LogP) is 8.54. The highest BCUT2D eigenvalue weighted by Crippen LogP contribution is 2.21. The lowest BCUT2D eigenvalue weighted by Gasteiger charge is -2.06. The van der Waals surface area contributed by atoms with Crippen LogP contribution in [0.1, 0.15) is 80.4 Å². The number of aliphatic carboxylic acids is 1. The van der Waals surface area contributed by atoms with Gasteiger partial charge in [-0.2, -0.15) is 0 Å². The number of nitrogens with two attached hydrogens (primary N) is 1. The molecule has 0 radical (unpaired) electrons. The molecule has 4 heterocycles. The predicted molar refractivity (Wildman–Crippen MR) is 309 cm³/mol. The first-order valence-electron chi connectivity index (χ1n) is 25.2. The highest BCUT2D eigenvalue weighted by molar-refractivity contribution is 5.98. The summed E-state index contributed by atoms with van der Waals surface area (Å²) in [6.45, 7) is 13.5. The van der Waals surface area contributed by atoms with Crippen molar-refractivity contribution in [3.05, 3.63) is 225 Å². The highest BCUT2D eigenvalue weighted by Gasteiger charge is 2.12. The minimum Gasteiger partial charge on any atom is -0.550 e. The van der Waals surface area contributed by atoms with Crippen molar-refractivity contribution in [2.45, 2.75) is 61.6 Å². The first kappa shape index (κ1) is 64.2. The molecule has 9 aromatic rings. The number of carbonyl (C=O) groups excluding carboxylic acids is 4. The van der Waals surface area contributed by atoms with E-state index in [-0.39, 0.29) is 24.2 Å². The summed E-state index contributed by atoms with van der Waals surface area (Å²) in [6.07, 6.45) is 12.9. The monoisotopic (exact) mass is 1110 g/mol. The fourth-order valence-electron chi connectivity index (χ4n) is 6.82. The van der Waals surface area contributed by atoms with Gasteiger partial charge in [0.05, 0.1) is 56.9 Å². The van der Waals surface area contributed by atoms with Crippen LogP contribution in [0.5, 0.6) is 0 Å². The molecule has 0 aliphatic carbocycles. The third-order valence-electron chi connectivity index (χ3n) is 10.8. The number of ether oxygens (including phenoxy) is 3. The van der Waals surface area contributed by atoms with Gasteiger partial charge in [0.1, 0.15) is 12.1 Å². The molecule has 0 saturated carbocycles. The Morgan fingerprint density at radius 1 is 0.634 bits per heavy atom. The third kappa shape index (κ3) is 21.1. The Balaban J connectivity index is 0.000000226. The van der Waals surface area contributed by atoms with Crippen LogP contribution in [0.3, 0.4) is 0 Å². The van der Waals surface area contributed by atoms with Crippen LogP contribution < -0.4 is 16.6 Å². The maximum absolute atomic E-state index is 12.2. The number of aryl methyl sites for hydroxylation is 4. The number of hydrogen-bond donors (Lipinski definition) is 3. The van der Waals surface area contributed by atoms with Crippen molar-refractivity contribution in [1.82, 2.24) is 34.5 Å². The summed E-state index contributed by atoms with van der Waals surface area (Å²) in [5, 5.41) is 25.1. The van der Waals surface area contributed by atoms with E-state index in [2.05, 4.69) is 39.4 Å². The van der Waals surface area contributed by atoms with Gasteiger partial charge in [-0.3, -0.25) is 14.8 Å². The molecule has 0 saturated heterocycles. The molecule has 0 bridgehead atoms. The second kappa shape index (κ2) is 33.2. The number of oxazole rings is 1. The van der Waals surface area contributed by atoms with Gasteiger partial charge in [0.25, 0.3) is 0 Å². The van der Waals surface area contributed by atoms with Crippen molar-refractivity contribution in [2.24, 2.45) is 5.73 Å². The van der Waals surface area contributed by atoms with E-state index in [1.807, 2.05) is 107 Å². The molecule has 424 valence electrons. The summed E-state index contributed by atoms with van der Waals surface area (Å²) in [6, 6.07) is 34.7. The summed E-state index contributed by atoms with van der Waals surface area (Å²) in [7, 11) is 2.67. The molecule has 0 unspecified atom stereocenters. The number of amidine groups is 1. The van der Waals surface area contributed by atoms with Gasteiger partial charge in [0.15, 0.2) is 23.1 Å². The number of benzene rings is 5. The van der Waals surface area contributed by atoms with Gasteiger partial charge < -0.3 is 39.4 Å². The summed E-state index contributed by atoms with van der Waals surface area (Å²) in [4.78, 5) is 79.0. The number of nitrogens with zero attached hydrogens (tertiary/aromatic N) is 7. The second-order valence-electron chi connectivity index (χ2n) is 17.7. The zero-order chi connectivity index (χ0) is 60.1. The average molecular weight is 1110 g/mol. The number of aliphatic hydroxyl groups is 1. The van der Waals surface area contributed by atoms with Crippen molar-refractivity contribution in [1.29, 1.82) is 5.41 Å². The van der Waals surface area contributed by atoms with E-state index in [9.17, 15) is 19.2 Å². The molecule has 0 aliphatic rings. The number of fused-ring (bicyclic) bond motifs is 1. The number of methoxy groups -OCH3 is 2. The van der Waals surface area contributed by atoms with Gasteiger partial charge in [-0.25, -0.2) is 44.3 Å². The van der Waals surface area contributed by atoms with E-state index in [4.69, 9.17) is 35.3 Å². The van der Waals surface area contributed by atoms with E-state index in [0.29, 0.717) is 58.5 Å². The molecule has 20 heteroatoms. The number of nitrogen functional groups attached to an aromatic ring is 1. The quantitative estimate of drug-likeness (QED) is 0.0258. The van der Waals surface area contributed by atoms with Crippen LogP contribution in [0.15, 0.2) is 173 Å². The molecule has 4 N–H and O–H groups in total. The zero-order valence-electron chi connectivity index (χ0n) is 46.9. The molecule has 0 spiro atoms. The zero-order valence-corrected chi connectivity index (χ0v) is 46.9. The smallest absolute Gasteiger partial charge is 0.420 e. The molecule has 0 amide bonds. The lowest BCUT2D eigenvalue weighted by atomic mass is 10.1. The van der Waals surface area contributed by atoms with Gasteiger partial charge in [0, 0.05) is 71.0 Å². The number of aromatic nitrogens is 7. The molecular weight excluding hydrogens is 1050 g/mol. The van der Waals surface area contributed by atoms with Gasteiger partial charge in [-0.15, -0.1) is 0 Å². The molecule has 0 aliphatic heterocycles. The molecule has 5 aromatic carbocycles. The Hall–Kier alpha value is -10.3. The lowest BCUT2D eigenvalue weighted by Crippen LogP contribution is -2.16. The van der Waals surface area contributed by atoms with Crippen LogP contribution in [0.25, 0.3) is 45.3 Å². The largest absolute Gasteiger partial charge is 0.550 e. The minimum atomic E-state index is -1.08. The molecular formula is C62H64N9O11-. The summed E-state index contributed by atoms with van der Waals surface area (Å²) >= 11 is 0. The summed E-state index contributed by atoms with van der Waals surface area (Å²) < 4.78 is 21.0. The molecule has 0 fully saturated rings. The maximum Gasteiger partial charge on any atom is 0.420 e. The van der Waals surface area contributed by atoms with E-state index in [1.165, 1.54) is 26.5 Å². The van der Waals surface area contributed by atoms with Gasteiger partial charge in [-0.1, -0.05) is 66.7 Å². The highest BCUT2D eigenvalue weighted by atomic mass is 16.5. The normalized spacial score (nSPS) is 10.2. The van der Waals surface area contributed by atoms with Crippen molar-refractivity contribution in [2.75, 3.05) is 20.8 Å². The number of rotatable bonds is 12. The Morgan fingerprint density at radius 2 is 1.06 bits per heavy atom. The Labute approximate surface area is 474 Å². The first-order chi connectivity index (χ1) is 39.3. The molecule has 20 nitrogen and oxygen atoms in total. The second-order valence-corrected chi connectivity index (χ2v) is 17.7. The molecule has 9 rings (SSSR count). The van der Waals surface area contributed by atoms with Crippen LogP contribution in [0.4, 0.5) is 0 Å². The van der Waals surface area contributed by atoms with Crippen LogP contribution >= 0.6 is 0 Å². The molecule has 0 atom stereocenters. The van der Waals surface area contributed by atoms with Crippen LogP contribution in [-0.4, -0.2) is 90.4 Å². The van der Waals surface area contributed by atoms with Crippen LogP contribution in [0, 0.1) is 33.1 Å². The number of esters is 2. The third-order valence-corrected chi connectivity index (χ3v) is 10.8. The van der Waals surface area contributed by atoms with E-state index >= 15 is 0 Å². The number of carboxylic acids is 1. The first-order valence-corrected chi connectivity index (χ1v) is 25.2. The number of nitrogens with one attached hydrogen (secondary N) is 1. The maximum atomic E-state index is 12.2. The number of carbonyl (C=O) groups is 4. The fraction of sp³-hybridized carbons (Fsp3) is 0.194. The van der Waals surface area contributed by atoms with Crippen molar-refractivity contribution in [3.8, 4) is 34.2 Å². The van der Waals surface area contributed by atoms with E-state index < -0.39 is 11.9 Å². The summed E-state index contributed by atoms with van der Waals surface area (Å²) in [5.41, 5.74) is 17.4. The number of carboxylic acid groups (broad SMARTS) is 1. The van der Waals surface area contributed by atoms with Crippen molar-refractivity contribution in [3.63, 3.8) is 0 Å². The number of aliphatic hydroxyl groups excluding tert-OH is 1. The topological polar surface area (TPSA) is 302 Å². The molecule has 4 aromatic heterocycles. The molecule has 82 heavy (non-hydrogen) atoms. The standard InChI is InChI=1S/C20H17N3O2.C13H12N2O2.C12H12N2O.C9H10N2O2.C6H10O2.C2H4O2/c1-13-6-7-18-17(8-13)23(20(24)25-18)12-15-4-3-5-16(9-15)19-21-10-14(2)11-22-19;1-9-7-14-12(15-8-9)10-4-3-5-11(6-10)13(16)17-2;1-9-6-13-12(14-7-9)11-4-2-3-10(5-11)8-15;1-13-9(12)7-4-2-3-6(5-7)8(10)11;1-3-8-5-6(2)4-7;1-2(3)4/h3-11H,12H2,1-2H3;3-8H,1-2H3;2-7,15H,8H2,1H3;2-5H,1H3,(H3,10,11);4-5H,3H2,1-2H3;1H3,(H,3,4)/p-1/b;;;;6-5+;.